The van der Waals surface area contributed by atoms with Gasteiger partial charge in [0.2, 0.25) is 11.1 Å². The molecule has 4 aromatic rings. The van der Waals surface area contributed by atoms with Crippen molar-refractivity contribution in [1.29, 1.82) is 0 Å². The van der Waals surface area contributed by atoms with Crippen molar-refractivity contribution in [2.45, 2.75) is 30.8 Å². The molecule has 3 N–H and O–H groups in total. The number of allylic oxidation sites excluding steroid dienone is 1. The highest BCUT2D eigenvalue weighted by Gasteiger charge is 2.35. The summed E-state index contributed by atoms with van der Waals surface area (Å²) in [6.45, 7) is 3.62. The molecule has 1 aliphatic rings. The van der Waals surface area contributed by atoms with E-state index in [9.17, 15) is 20.0 Å². The maximum absolute atomic E-state index is 13.7. The Bertz CT molecular complexity index is 1640. The van der Waals surface area contributed by atoms with Gasteiger partial charge < -0.3 is 15.7 Å². The first-order chi connectivity index (χ1) is 18.7. The predicted octanol–water partition coefficient (Wildman–Crippen LogP) is 6.07. The van der Waals surface area contributed by atoms with Gasteiger partial charge in [-0.2, -0.15) is 4.98 Å². The number of para-hydroxylation sites is 1. The number of phenolic OH excluding ortho intramolecular Hbond substituents is 1. The van der Waals surface area contributed by atoms with E-state index in [0.717, 1.165) is 11.1 Å². The smallest absolute Gasteiger partial charge is 0.311 e. The number of hydrogen-bond acceptors (Lipinski definition) is 8. The zero-order valence-corrected chi connectivity index (χ0v) is 22.5. The standard InChI is InChI=1S/C27H23ClN6O4S/c1-15-7-3-6-10-20(15)30-25(36)23-16(2)29-26-31-27(39-14-18-8-4-5-9-19(18)28)32-33(26)24(23)17-11-12-22(35)21(13-17)34(37)38/h3-13,24,35H,14H2,1-2H3,(H,30,36)(H,29,31,32). The summed E-state index contributed by atoms with van der Waals surface area (Å²) in [5.74, 6) is 0.0220. The SMILES string of the molecule is CC1=C(C(=O)Nc2ccccc2C)C(c2ccc(O)c([N+](=O)[O-])c2)n2nc(SCc3ccccc3Cl)nc2N1. The van der Waals surface area contributed by atoms with E-state index in [-0.39, 0.29) is 0 Å². The zero-order chi connectivity index (χ0) is 27.7. The number of hydrogen-bond donors (Lipinski definition) is 3. The lowest BCUT2D eigenvalue weighted by molar-refractivity contribution is -0.385. The first-order valence-electron chi connectivity index (χ1n) is 11.9. The monoisotopic (exact) mass is 562 g/mol. The van der Waals surface area contributed by atoms with Crippen molar-refractivity contribution in [2.75, 3.05) is 10.6 Å². The van der Waals surface area contributed by atoms with Crippen molar-refractivity contribution in [2.24, 2.45) is 0 Å². The molecule has 1 atom stereocenters. The average molecular weight is 563 g/mol. The predicted molar refractivity (Wildman–Crippen MR) is 150 cm³/mol. The minimum atomic E-state index is -0.855. The number of aromatic hydroxyl groups is 1. The topological polar surface area (TPSA) is 135 Å². The average Bonchev–Trinajstić information content (AvgIpc) is 3.31. The van der Waals surface area contributed by atoms with Gasteiger partial charge in [-0.3, -0.25) is 14.9 Å². The summed E-state index contributed by atoms with van der Waals surface area (Å²) < 4.78 is 1.53. The second-order valence-electron chi connectivity index (χ2n) is 8.88. The summed E-state index contributed by atoms with van der Waals surface area (Å²) >= 11 is 7.67. The van der Waals surface area contributed by atoms with Gasteiger partial charge in [0.15, 0.2) is 5.75 Å². The number of anilines is 2. The van der Waals surface area contributed by atoms with Gasteiger partial charge in [0, 0.05) is 28.2 Å². The Kier molecular flexibility index (Phi) is 7.27. The minimum absolute atomic E-state index is 0.304. The van der Waals surface area contributed by atoms with Crippen LogP contribution in [-0.4, -0.2) is 30.7 Å². The van der Waals surface area contributed by atoms with Crippen molar-refractivity contribution in [1.82, 2.24) is 14.8 Å². The van der Waals surface area contributed by atoms with Crippen LogP contribution in [0.2, 0.25) is 5.02 Å². The summed E-state index contributed by atoms with van der Waals surface area (Å²) in [5, 5.41) is 33.5. The number of phenols is 1. The van der Waals surface area contributed by atoms with Gasteiger partial charge in [-0.1, -0.05) is 65.8 Å². The first kappa shape index (κ1) is 26.3. The largest absolute Gasteiger partial charge is 0.502 e. The highest BCUT2D eigenvalue weighted by Crippen LogP contribution is 2.40. The number of aryl methyl sites for hydroxylation is 1. The molecule has 2 heterocycles. The number of nitrogens with one attached hydrogen (secondary N) is 2. The molecular weight excluding hydrogens is 540 g/mol. The third-order valence-corrected chi connectivity index (χ3v) is 7.55. The Morgan fingerprint density at radius 1 is 1.18 bits per heavy atom. The Balaban J connectivity index is 1.56. The molecule has 1 aliphatic heterocycles. The highest BCUT2D eigenvalue weighted by atomic mass is 35.5. The fourth-order valence-electron chi connectivity index (χ4n) is 4.31. The van der Waals surface area contributed by atoms with Gasteiger partial charge in [-0.05, 0) is 48.7 Å². The Hall–Kier alpha value is -4.35. The lowest BCUT2D eigenvalue weighted by Crippen LogP contribution is -2.31. The van der Waals surface area contributed by atoms with E-state index in [0.29, 0.717) is 44.4 Å². The Morgan fingerprint density at radius 2 is 1.92 bits per heavy atom. The molecule has 39 heavy (non-hydrogen) atoms. The summed E-state index contributed by atoms with van der Waals surface area (Å²) in [5.41, 5.74) is 3.18. The van der Waals surface area contributed by atoms with Gasteiger partial charge >= 0.3 is 5.69 Å². The third-order valence-electron chi connectivity index (χ3n) is 6.30. The molecule has 1 unspecified atom stereocenters. The molecule has 1 amide bonds. The summed E-state index contributed by atoms with van der Waals surface area (Å²) in [4.78, 5) is 29.2. The molecule has 12 heteroatoms. The van der Waals surface area contributed by atoms with Gasteiger partial charge in [0.1, 0.15) is 6.04 Å². The molecule has 0 saturated heterocycles. The molecule has 0 spiro atoms. The number of rotatable bonds is 7. The summed E-state index contributed by atoms with van der Waals surface area (Å²) in [6.07, 6.45) is 0. The molecule has 0 fully saturated rings. The Morgan fingerprint density at radius 3 is 2.67 bits per heavy atom. The van der Waals surface area contributed by atoms with Crippen LogP contribution < -0.4 is 10.6 Å². The van der Waals surface area contributed by atoms with Crippen LogP contribution in [0.5, 0.6) is 5.75 Å². The number of nitro benzene ring substituents is 1. The van der Waals surface area contributed by atoms with Crippen LogP contribution in [0.1, 0.15) is 29.7 Å². The molecule has 0 radical (unpaired) electrons. The van der Waals surface area contributed by atoms with E-state index in [1.807, 2.05) is 49.4 Å². The van der Waals surface area contributed by atoms with E-state index in [1.54, 1.807) is 13.0 Å². The van der Waals surface area contributed by atoms with Crippen LogP contribution >= 0.6 is 23.4 Å². The number of fused-ring (bicyclic) bond motifs is 1. The number of carbonyl (C=O) groups is 1. The molecular formula is C27H23ClN6O4S. The van der Waals surface area contributed by atoms with Crippen LogP contribution in [0.25, 0.3) is 0 Å². The number of thioether (sulfide) groups is 1. The van der Waals surface area contributed by atoms with Crippen LogP contribution in [-0.2, 0) is 10.5 Å². The fraction of sp³-hybridized carbons (Fsp3) is 0.148. The number of carbonyl (C=O) groups excluding carboxylic acids is 1. The lowest BCUT2D eigenvalue weighted by Gasteiger charge is -2.28. The maximum atomic E-state index is 13.7. The molecule has 0 bridgehead atoms. The van der Waals surface area contributed by atoms with E-state index >= 15 is 0 Å². The number of halogens is 1. The number of benzene rings is 3. The number of aromatic nitrogens is 3. The maximum Gasteiger partial charge on any atom is 0.311 e. The molecule has 198 valence electrons. The molecule has 3 aromatic carbocycles. The van der Waals surface area contributed by atoms with Crippen LogP contribution in [0.15, 0.2) is 83.2 Å². The van der Waals surface area contributed by atoms with Crippen LogP contribution in [0.3, 0.4) is 0 Å². The number of nitrogens with zero attached hydrogens (tertiary/aromatic N) is 4. The second-order valence-corrected chi connectivity index (χ2v) is 10.2. The minimum Gasteiger partial charge on any atom is -0.502 e. The molecule has 10 nitrogen and oxygen atoms in total. The van der Waals surface area contributed by atoms with Crippen molar-refractivity contribution in [3.8, 4) is 5.75 Å². The number of amides is 1. The first-order valence-corrected chi connectivity index (χ1v) is 13.2. The molecule has 5 rings (SSSR count). The molecule has 1 aromatic heterocycles. The summed E-state index contributed by atoms with van der Waals surface area (Å²) in [6, 6.07) is 18.0. The fourth-order valence-corrected chi connectivity index (χ4v) is 5.43. The van der Waals surface area contributed by atoms with Crippen LogP contribution in [0.4, 0.5) is 17.3 Å². The third kappa shape index (κ3) is 5.31. The van der Waals surface area contributed by atoms with Crippen molar-refractivity contribution >= 4 is 46.6 Å². The molecule has 0 aliphatic carbocycles. The van der Waals surface area contributed by atoms with Crippen molar-refractivity contribution in [3.05, 3.63) is 110 Å². The molecule has 0 saturated carbocycles. The van der Waals surface area contributed by atoms with Gasteiger partial charge in [0.05, 0.1) is 10.5 Å². The van der Waals surface area contributed by atoms with E-state index in [1.165, 1.54) is 34.6 Å². The number of nitro groups is 1. The van der Waals surface area contributed by atoms with Crippen molar-refractivity contribution < 1.29 is 14.8 Å². The summed E-state index contributed by atoms with van der Waals surface area (Å²) in [7, 11) is 0. The van der Waals surface area contributed by atoms with E-state index in [2.05, 4.69) is 20.7 Å². The highest BCUT2D eigenvalue weighted by molar-refractivity contribution is 7.98. The Labute approximate surface area is 232 Å². The second kappa shape index (κ2) is 10.8. The van der Waals surface area contributed by atoms with Gasteiger partial charge in [0.25, 0.3) is 5.91 Å². The van der Waals surface area contributed by atoms with Gasteiger partial charge in [-0.25, -0.2) is 4.68 Å². The normalized spacial score (nSPS) is 14.5. The van der Waals surface area contributed by atoms with Crippen LogP contribution in [0, 0.1) is 17.0 Å². The quantitative estimate of drug-likeness (QED) is 0.140. The zero-order valence-electron chi connectivity index (χ0n) is 20.9. The van der Waals surface area contributed by atoms with Gasteiger partial charge in [-0.15, -0.1) is 5.10 Å². The van der Waals surface area contributed by atoms with Crippen molar-refractivity contribution in [3.63, 3.8) is 0 Å². The van der Waals surface area contributed by atoms with E-state index in [4.69, 9.17) is 11.6 Å². The van der Waals surface area contributed by atoms with E-state index < -0.39 is 28.3 Å². The lowest BCUT2D eigenvalue weighted by atomic mass is 9.94.